The number of nitrogens with zero attached hydrogens (tertiary/aromatic N) is 2. The molecule has 2 N–H and O–H groups in total. The number of aromatic nitrogens is 1. The maximum atomic E-state index is 14.8. The molecular weight excluding hydrogens is 441 g/mol. The first-order valence-corrected chi connectivity index (χ1v) is 10.6. The van der Waals surface area contributed by atoms with Gasteiger partial charge in [0.05, 0.1) is 23.0 Å². The number of para-hydroxylation sites is 1. The fraction of sp³-hybridized carbons (Fsp3) is 0.0800. The van der Waals surface area contributed by atoms with Crippen molar-refractivity contribution < 1.29 is 18.7 Å². The fourth-order valence-electron chi connectivity index (χ4n) is 4.09. The summed E-state index contributed by atoms with van der Waals surface area (Å²) in [5.74, 6) is -0.576. The van der Waals surface area contributed by atoms with Crippen molar-refractivity contribution in [2.45, 2.75) is 12.1 Å². The number of carboxylic acid groups (broad SMARTS) is 1. The maximum Gasteiger partial charge on any atom is 0.336 e. The molecule has 164 valence electrons. The van der Waals surface area contributed by atoms with Crippen LogP contribution >= 0.6 is 12.2 Å². The molecule has 4 aromatic rings. The quantitative estimate of drug-likeness (QED) is 0.389. The summed E-state index contributed by atoms with van der Waals surface area (Å²) in [6.45, 7) is 0. The number of aromatic carboxylic acids is 1. The van der Waals surface area contributed by atoms with Crippen LogP contribution in [-0.4, -0.2) is 21.2 Å². The van der Waals surface area contributed by atoms with Gasteiger partial charge in [-0.15, -0.1) is 0 Å². The van der Waals surface area contributed by atoms with Crippen LogP contribution in [0.1, 0.15) is 33.9 Å². The van der Waals surface area contributed by atoms with Crippen molar-refractivity contribution in [2.75, 3.05) is 4.90 Å². The number of hydrogen-bond donors (Lipinski definition) is 2. The highest BCUT2D eigenvalue weighted by molar-refractivity contribution is 7.80. The summed E-state index contributed by atoms with van der Waals surface area (Å²) in [7, 11) is 0. The van der Waals surface area contributed by atoms with Gasteiger partial charge in [0.2, 0.25) is 0 Å². The summed E-state index contributed by atoms with van der Waals surface area (Å²) in [6, 6.07) is 21.1. The van der Waals surface area contributed by atoms with E-state index in [4.69, 9.17) is 16.6 Å². The molecular formula is C25H18FN3O3S. The number of halogens is 1. The van der Waals surface area contributed by atoms with Gasteiger partial charge in [-0.3, -0.25) is 4.98 Å². The molecule has 5 rings (SSSR count). The van der Waals surface area contributed by atoms with E-state index >= 15 is 0 Å². The third-order valence-electron chi connectivity index (χ3n) is 5.55. The molecule has 0 saturated carbocycles. The van der Waals surface area contributed by atoms with Crippen molar-refractivity contribution >= 4 is 29.0 Å². The molecule has 0 aliphatic carbocycles. The number of thiocarbonyl (C=S) groups is 1. The lowest BCUT2D eigenvalue weighted by molar-refractivity contribution is 0.0697. The minimum absolute atomic E-state index is 0.130. The SMILES string of the molecule is O=C(O)c1ccccc1-c1ccc([C@H]2[C@H](c3ccccn3)NC(=S)N2c2ccccc2F)o1. The first-order chi connectivity index (χ1) is 16.0. The van der Waals surface area contributed by atoms with Gasteiger partial charge in [-0.05, 0) is 54.7 Å². The van der Waals surface area contributed by atoms with E-state index in [-0.39, 0.29) is 5.56 Å². The molecule has 1 fully saturated rings. The van der Waals surface area contributed by atoms with Crippen LogP contribution in [0.3, 0.4) is 0 Å². The van der Waals surface area contributed by atoms with Gasteiger partial charge in [-0.1, -0.05) is 36.4 Å². The van der Waals surface area contributed by atoms with E-state index in [1.165, 1.54) is 12.1 Å². The average Bonchev–Trinajstić information content (AvgIpc) is 3.44. The van der Waals surface area contributed by atoms with Gasteiger partial charge in [0.1, 0.15) is 23.4 Å². The predicted octanol–water partition coefficient (Wildman–Crippen LogP) is 5.36. The highest BCUT2D eigenvalue weighted by Gasteiger charge is 2.43. The van der Waals surface area contributed by atoms with Crippen LogP contribution < -0.4 is 10.2 Å². The molecule has 2 aromatic heterocycles. The summed E-state index contributed by atoms with van der Waals surface area (Å²) in [6.07, 6.45) is 1.68. The molecule has 2 atom stereocenters. The number of hydrogen-bond acceptors (Lipinski definition) is 4. The molecule has 0 bridgehead atoms. The minimum Gasteiger partial charge on any atom is -0.478 e. The van der Waals surface area contributed by atoms with E-state index < -0.39 is 23.9 Å². The van der Waals surface area contributed by atoms with Crippen LogP contribution in [0.2, 0.25) is 0 Å². The van der Waals surface area contributed by atoms with Crippen LogP contribution in [-0.2, 0) is 0 Å². The van der Waals surface area contributed by atoms with E-state index in [9.17, 15) is 14.3 Å². The number of nitrogens with one attached hydrogen (secondary N) is 1. The van der Waals surface area contributed by atoms with E-state index in [0.29, 0.717) is 33.6 Å². The molecule has 0 spiro atoms. The van der Waals surface area contributed by atoms with Crippen LogP contribution in [0, 0.1) is 5.82 Å². The Balaban J connectivity index is 1.63. The zero-order valence-electron chi connectivity index (χ0n) is 17.2. The van der Waals surface area contributed by atoms with E-state index in [2.05, 4.69) is 10.3 Å². The minimum atomic E-state index is -1.05. The van der Waals surface area contributed by atoms with Crippen molar-refractivity contribution in [1.29, 1.82) is 0 Å². The maximum absolute atomic E-state index is 14.8. The molecule has 1 aliphatic heterocycles. The van der Waals surface area contributed by atoms with Crippen molar-refractivity contribution in [1.82, 2.24) is 10.3 Å². The molecule has 1 aliphatic rings. The van der Waals surface area contributed by atoms with E-state index in [1.54, 1.807) is 59.6 Å². The number of pyridine rings is 1. The van der Waals surface area contributed by atoms with Crippen LogP contribution in [0.25, 0.3) is 11.3 Å². The molecule has 0 amide bonds. The Morgan fingerprint density at radius 2 is 1.79 bits per heavy atom. The lowest BCUT2D eigenvalue weighted by atomic mass is 10.0. The number of benzene rings is 2. The van der Waals surface area contributed by atoms with Gasteiger partial charge < -0.3 is 19.7 Å². The number of anilines is 1. The molecule has 8 heteroatoms. The zero-order valence-corrected chi connectivity index (χ0v) is 18.0. The summed E-state index contributed by atoms with van der Waals surface area (Å²) in [5.41, 5.74) is 1.61. The monoisotopic (exact) mass is 459 g/mol. The van der Waals surface area contributed by atoms with Crippen molar-refractivity contribution in [3.05, 3.63) is 108 Å². The Hall–Kier alpha value is -4.04. The van der Waals surface area contributed by atoms with Gasteiger partial charge >= 0.3 is 5.97 Å². The predicted molar refractivity (Wildman–Crippen MR) is 125 cm³/mol. The lowest BCUT2D eigenvalue weighted by Gasteiger charge is -2.26. The Morgan fingerprint density at radius 3 is 2.55 bits per heavy atom. The Labute approximate surface area is 194 Å². The number of carboxylic acids is 1. The zero-order chi connectivity index (χ0) is 22.9. The van der Waals surface area contributed by atoms with Crippen molar-refractivity contribution in [3.8, 4) is 11.3 Å². The first kappa shape index (κ1) is 20.8. The summed E-state index contributed by atoms with van der Waals surface area (Å²) >= 11 is 5.59. The molecule has 0 radical (unpaired) electrons. The average molecular weight is 460 g/mol. The third-order valence-corrected chi connectivity index (χ3v) is 5.87. The smallest absolute Gasteiger partial charge is 0.336 e. The van der Waals surface area contributed by atoms with Crippen LogP contribution in [0.5, 0.6) is 0 Å². The third kappa shape index (κ3) is 3.74. The normalized spacial score (nSPS) is 17.7. The number of rotatable bonds is 5. The molecule has 6 nitrogen and oxygen atoms in total. The second-order valence-corrected chi connectivity index (χ2v) is 7.89. The molecule has 0 unspecified atom stereocenters. The van der Waals surface area contributed by atoms with Gasteiger partial charge in [0.25, 0.3) is 0 Å². The number of carbonyl (C=O) groups is 1. The van der Waals surface area contributed by atoms with Crippen LogP contribution in [0.15, 0.2) is 89.5 Å². The molecule has 3 heterocycles. The second kappa shape index (κ2) is 8.48. The molecule has 1 saturated heterocycles. The largest absolute Gasteiger partial charge is 0.478 e. The van der Waals surface area contributed by atoms with Gasteiger partial charge in [-0.2, -0.15) is 0 Å². The van der Waals surface area contributed by atoms with Gasteiger partial charge in [0, 0.05) is 11.8 Å². The lowest BCUT2D eigenvalue weighted by Crippen LogP contribution is -2.30. The van der Waals surface area contributed by atoms with Gasteiger partial charge in [0.15, 0.2) is 5.11 Å². The Morgan fingerprint density at radius 1 is 1.03 bits per heavy atom. The van der Waals surface area contributed by atoms with Crippen LogP contribution in [0.4, 0.5) is 10.1 Å². The topological polar surface area (TPSA) is 78.6 Å². The van der Waals surface area contributed by atoms with E-state index in [0.717, 1.165) is 0 Å². The highest BCUT2D eigenvalue weighted by Crippen LogP contribution is 2.43. The fourth-order valence-corrected chi connectivity index (χ4v) is 4.43. The van der Waals surface area contributed by atoms with E-state index in [1.807, 2.05) is 18.2 Å². The summed E-state index contributed by atoms with van der Waals surface area (Å²) in [4.78, 5) is 17.8. The number of furan rings is 1. The second-order valence-electron chi connectivity index (χ2n) is 7.50. The highest BCUT2D eigenvalue weighted by atomic mass is 32.1. The van der Waals surface area contributed by atoms with Gasteiger partial charge in [-0.25, -0.2) is 9.18 Å². The standard InChI is InChI=1S/C25H18FN3O3S/c26-17-9-3-4-11-19(17)29-23(22(28-25(29)33)18-10-5-6-14-27-18)21-13-12-20(32-21)15-7-1-2-8-16(15)24(30)31/h1-14,22-23H,(H,28,33)(H,30,31)/t22-,23-/m0/s1. The van der Waals surface area contributed by atoms with Crippen molar-refractivity contribution in [2.24, 2.45) is 0 Å². The first-order valence-electron chi connectivity index (χ1n) is 10.2. The Kier molecular flexibility index (Phi) is 5.35. The summed E-state index contributed by atoms with van der Waals surface area (Å²) < 4.78 is 21.0. The summed E-state index contributed by atoms with van der Waals surface area (Å²) in [5, 5.41) is 13.1. The molecule has 2 aromatic carbocycles. The Bertz CT molecular complexity index is 1340. The molecule has 33 heavy (non-hydrogen) atoms. The van der Waals surface area contributed by atoms with Crippen molar-refractivity contribution in [3.63, 3.8) is 0 Å².